The second-order valence-electron chi connectivity index (χ2n) is 14.9. The van der Waals surface area contributed by atoms with Gasteiger partial charge in [0.2, 0.25) is 0 Å². The van der Waals surface area contributed by atoms with Gasteiger partial charge in [-0.25, -0.2) is 0 Å². The number of ether oxygens (including phenoxy) is 4. The third-order valence-electron chi connectivity index (χ3n) is 9.47. The molecule has 0 radical (unpaired) electrons. The van der Waals surface area contributed by atoms with E-state index >= 15 is 0 Å². The molecule has 0 amide bonds. The minimum absolute atomic E-state index is 0.127. The number of rotatable bonds is 35. The summed E-state index contributed by atoms with van der Waals surface area (Å²) >= 11 is 0. The zero-order valence-corrected chi connectivity index (χ0v) is 37.1. The molecule has 0 aromatic heterocycles. The first kappa shape index (κ1) is 54.8. The van der Waals surface area contributed by atoms with Crippen LogP contribution in [0.3, 0.4) is 0 Å². The first-order chi connectivity index (χ1) is 29.0. The van der Waals surface area contributed by atoms with Crippen molar-refractivity contribution in [1.29, 1.82) is 0 Å². The first-order valence-corrected chi connectivity index (χ1v) is 23.8. The van der Waals surface area contributed by atoms with Gasteiger partial charge in [-0.2, -0.15) is 8.42 Å². The van der Waals surface area contributed by atoms with Gasteiger partial charge in [0.15, 0.2) is 12.4 Å². The molecule has 1 aliphatic rings. The zero-order valence-electron chi connectivity index (χ0n) is 36.3. The molecule has 6 unspecified atom stereocenters. The van der Waals surface area contributed by atoms with Gasteiger partial charge in [-0.1, -0.05) is 131 Å². The fourth-order valence-electron chi connectivity index (χ4n) is 6.09. The van der Waals surface area contributed by atoms with E-state index in [0.717, 1.165) is 103 Å². The Morgan fingerprint density at radius 3 is 1.48 bits per heavy atom. The molecule has 1 heterocycles. The predicted molar refractivity (Wildman–Crippen MR) is 238 cm³/mol. The first-order valence-electron chi connectivity index (χ1n) is 22.1. The molecule has 0 bridgehead atoms. The monoisotopic (exact) mass is 865 g/mol. The summed E-state index contributed by atoms with van der Waals surface area (Å²) in [7, 11) is -4.61. The van der Waals surface area contributed by atoms with Crippen LogP contribution in [0.15, 0.2) is 85.1 Å². The molecule has 12 nitrogen and oxygen atoms in total. The number of unbranched alkanes of at least 4 members (excludes halogenated alkanes) is 9. The van der Waals surface area contributed by atoms with Gasteiger partial charge in [-0.05, 0) is 83.5 Å². The number of allylic oxidation sites excluding steroid dienone is 14. The second-order valence-corrected chi connectivity index (χ2v) is 16.4. The maximum Gasteiger partial charge on any atom is 0.306 e. The van der Waals surface area contributed by atoms with Crippen LogP contribution in [0.2, 0.25) is 0 Å². The number of esters is 2. The maximum atomic E-state index is 12.8. The van der Waals surface area contributed by atoms with Gasteiger partial charge in [0.1, 0.15) is 36.8 Å². The van der Waals surface area contributed by atoms with Crippen molar-refractivity contribution in [2.45, 2.75) is 179 Å². The standard InChI is InChI=1S/C47H76O12S/c1-3-5-7-9-11-13-15-17-19-20-22-24-26-28-30-32-34-36-43(49)58-40(38-57-47-46(52)45(51)44(50)41(59-47)39-60(53,54)55)37-56-42(48)35-33-31-29-27-25-23-21-18-16-14-12-10-8-6-4-2/h5-8,11-14,17-19,21-22,24,40-41,44-47,50-52H,3-4,9-10,15-16,20,23,25-39H2,1-2H3,(H,53,54,55)/b7-5-,8-6-,13-11-,14-12-,19-17-,21-18-,24-22-. The fourth-order valence-corrected chi connectivity index (χ4v) is 6.78. The van der Waals surface area contributed by atoms with E-state index in [2.05, 4.69) is 98.9 Å². The summed E-state index contributed by atoms with van der Waals surface area (Å²) < 4.78 is 54.0. The van der Waals surface area contributed by atoms with Crippen molar-refractivity contribution < 1.29 is 56.8 Å². The quantitative estimate of drug-likeness (QED) is 0.0206. The van der Waals surface area contributed by atoms with Crippen molar-refractivity contribution in [2.75, 3.05) is 19.0 Å². The number of carbonyl (C=O) groups excluding carboxylic acids is 2. The highest BCUT2D eigenvalue weighted by molar-refractivity contribution is 7.85. The van der Waals surface area contributed by atoms with Crippen molar-refractivity contribution >= 4 is 22.1 Å². The van der Waals surface area contributed by atoms with E-state index in [1.165, 1.54) is 0 Å². The molecule has 0 spiro atoms. The summed E-state index contributed by atoms with van der Waals surface area (Å²) in [5.41, 5.74) is 0. The highest BCUT2D eigenvalue weighted by Crippen LogP contribution is 2.24. The van der Waals surface area contributed by atoms with E-state index in [0.29, 0.717) is 12.8 Å². The molecule has 1 rings (SSSR count). The topological polar surface area (TPSA) is 186 Å². The van der Waals surface area contributed by atoms with Crippen LogP contribution in [0.4, 0.5) is 0 Å². The molecular formula is C47H76O12S. The molecule has 1 aliphatic heterocycles. The third-order valence-corrected chi connectivity index (χ3v) is 10.2. The second kappa shape index (κ2) is 36.5. The summed E-state index contributed by atoms with van der Waals surface area (Å²) in [6.45, 7) is 3.48. The largest absolute Gasteiger partial charge is 0.462 e. The zero-order chi connectivity index (χ0) is 44.1. The van der Waals surface area contributed by atoms with Crippen LogP contribution in [0.25, 0.3) is 0 Å². The number of carbonyl (C=O) groups is 2. The van der Waals surface area contributed by atoms with E-state index in [4.69, 9.17) is 18.9 Å². The highest BCUT2D eigenvalue weighted by atomic mass is 32.2. The minimum Gasteiger partial charge on any atom is -0.462 e. The Kier molecular flexibility index (Phi) is 33.3. The highest BCUT2D eigenvalue weighted by Gasteiger charge is 2.46. The minimum atomic E-state index is -4.61. The molecular weight excluding hydrogens is 789 g/mol. The lowest BCUT2D eigenvalue weighted by atomic mass is 10.00. The average molecular weight is 865 g/mol. The average Bonchev–Trinajstić information content (AvgIpc) is 3.21. The summed E-state index contributed by atoms with van der Waals surface area (Å²) in [6.07, 6.45) is 37.7. The molecule has 1 saturated heterocycles. The number of hydrogen-bond acceptors (Lipinski definition) is 11. The van der Waals surface area contributed by atoms with Crippen molar-refractivity contribution in [2.24, 2.45) is 0 Å². The Morgan fingerprint density at radius 2 is 1.00 bits per heavy atom. The van der Waals surface area contributed by atoms with Crippen LogP contribution in [-0.4, -0.2) is 96.0 Å². The number of aliphatic hydroxyl groups is 3. The molecule has 60 heavy (non-hydrogen) atoms. The molecule has 0 aromatic rings. The van der Waals surface area contributed by atoms with Crippen LogP contribution in [0, 0.1) is 0 Å². The Hall–Kier alpha value is -3.17. The van der Waals surface area contributed by atoms with Gasteiger partial charge < -0.3 is 34.3 Å². The summed E-state index contributed by atoms with van der Waals surface area (Å²) in [4.78, 5) is 25.4. The van der Waals surface area contributed by atoms with Crippen LogP contribution < -0.4 is 0 Å². The number of aliphatic hydroxyl groups excluding tert-OH is 3. The lowest BCUT2D eigenvalue weighted by molar-refractivity contribution is -0.297. The van der Waals surface area contributed by atoms with E-state index in [1.807, 2.05) is 0 Å². The van der Waals surface area contributed by atoms with Crippen LogP contribution in [-0.2, 0) is 38.7 Å². The van der Waals surface area contributed by atoms with Crippen molar-refractivity contribution in [3.63, 3.8) is 0 Å². The fraction of sp³-hybridized carbons (Fsp3) is 0.660. The SMILES string of the molecule is CC/C=C\C/C=C\C/C=C\C/C=C\CCCCCCC(=O)OC(COC(=O)CCCCCCC/C=C\C/C=C\C/C=C\CC)COC1OC(CS(=O)(=O)O)C(O)C(O)C1O. The lowest BCUT2D eigenvalue weighted by Crippen LogP contribution is -2.60. The Morgan fingerprint density at radius 1 is 0.567 bits per heavy atom. The van der Waals surface area contributed by atoms with Gasteiger partial charge >= 0.3 is 11.9 Å². The van der Waals surface area contributed by atoms with E-state index in [-0.39, 0.29) is 19.4 Å². The molecule has 0 saturated carbocycles. The van der Waals surface area contributed by atoms with E-state index < -0.39 is 71.2 Å². The molecule has 13 heteroatoms. The normalized spacial score (nSPS) is 20.9. The maximum absolute atomic E-state index is 12.8. The molecule has 0 aliphatic carbocycles. The summed E-state index contributed by atoms with van der Waals surface area (Å²) in [5, 5.41) is 30.9. The van der Waals surface area contributed by atoms with E-state index in [1.54, 1.807) is 0 Å². The molecule has 1 fully saturated rings. The van der Waals surface area contributed by atoms with Crippen molar-refractivity contribution in [1.82, 2.24) is 0 Å². The Labute approximate surface area is 360 Å². The molecule has 6 atom stereocenters. The van der Waals surface area contributed by atoms with Gasteiger partial charge in [-0.15, -0.1) is 0 Å². The molecule has 0 aromatic carbocycles. The molecule has 342 valence electrons. The van der Waals surface area contributed by atoms with E-state index in [9.17, 15) is 37.9 Å². The van der Waals surface area contributed by atoms with Gasteiger partial charge in [-0.3, -0.25) is 14.1 Å². The van der Waals surface area contributed by atoms with Crippen LogP contribution >= 0.6 is 0 Å². The third kappa shape index (κ3) is 30.8. The molecule has 4 N–H and O–H groups in total. The van der Waals surface area contributed by atoms with Gasteiger partial charge in [0.05, 0.1) is 6.61 Å². The lowest BCUT2D eigenvalue weighted by Gasteiger charge is -2.40. The van der Waals surface area contributed by atoms with Gasteiger partial charge in [0.25, 0.3) is 10.1 Å². The van der Waals surface area contributed by atoms with Crippen molar-refractivity contribution in [3.8, 4) is 0 Å². The smallest absolute Gasteiger partial charge is 0.306 e. The Bertz CT molecular complexity index is 1430. The van der Waals surface area contributed by atoms with Crippen molar-refractivity contribution in [3.05, 3.63) is 85.1 Å². The summed E-state index contributed by atoms with van der Waals surface area (Å²) in [6, 6.07) is 0. The van der Waals surface area contributed by atoms with Crippen LogP contribution in [0.5, 0.6) is 0 Å². The Balaban J connectivity index is 2.50. The predicted octanol–water partition coefficient (Wildman–Crippen LogP) is 8.89. The number of hydrogen-bond donors (Lipinski definition) is 4. The van der Waals surface area contributed by atoms with Gasteiger partial charge in [0, 0.05) is 12.8 Å². The summed E-state index contributed by atoms with van der Waals surface area (Å²) in [5.74, 6) is -2.05. The van der Waals surface area contributed by atoms with Crippen LogP contribution in [0.1, 0.15) is 142 Å².